The minimum absolute atomic E-state index is 0.159. The van der Waals surface area contributed by atoms with Gasteiger partial charge in [0.15, 0.2) is 31.5 Å². The molecule has 6 saturated heterocycles. The van der Waals surface area contributed by atoms with E-state index in [0.29, 0.717) is 12.8 Å². The lowest BCUT2D eigenvalue weighted by molar-refractivity contribution is -0.393. The van der Waals surface area contributed by atoms with Gasteiger partial charge >= 0.3 is 5.97 Å². The summed E-state index contributed by atoms with van der Waals surface area (Å²) in [6.45, 7) is -0.684. The molecule has 0 aliphatic carbocycles. The number of aliphatic hydroxyl groups excluding tert-OH is 19. The van der Waals surface area contributed by atoms with Crippen LogP contribution in [0.15, 0.2) is 12.2 Å². The highest BCUT2D eigenvalue weighted by molar-refractivity contribution is 5.77. The smallest absolute Gasteiger partial charge is 0.364 e. The van der Waals surface area contributed by atoms with E-state index in [0.717, 1.165) is 65.2 Å². The molecule has 0 aromatic carbocycles. The zero-order valence-corrected chi connectivity index (χ0v) is 74.2. The molecule has 39 heteroatoms. The molecule has 6 rings (SSSR count). The van der Waals surface area contributed by atoms with Crippen LogP contribution < -0.4 is 16.0 Å². The van der Waals surface area contributed by atoms with Crippen LogP contribution in [0.25, 0.3) is 0 Å². The van der Waals surface area contributed by atoms with Crippen molar-refractivity contribution in [3.05, 3.63) is 12.2 Å². The van der Waals surface area contributed by atoms with Crippen molar-refractivity contribution in [2.45, 2.75) is 467 Å². The number of unbranched alkanes of at least 4 members (excludes halogenated alkanes) is 33. The van der Waals surface area contributed by atoms with Crippen LogP contribution in [0.3, 0.4) is 0 Å². The molecule has 6 aliphatic heterocycles. The first-order valence-electron chi connectivity index (χ1n) is 46.6. The maximum Gasteiger partial charge on any atom is 0.364 e. The van der Waals surface area contributed by atoms with Crippen LogP contribution in [0, 0.1) is 0 Å². The van der Waals surface area contributed by atoms with Gasteiger partial charge in [0, 0.05) is 26.7 Å². The second kappa shape index (κ2) is 59.9. The first-order chi connectivity index (χ1) is 60.5. The average molecular weight is 1820 g/mol. The highest BCUT2D eigenvalue weighted by Gasteiger charge is 2.62. The van der Waals surface area contributed by atoms with Crippen molar-refractivity contribution in [2.24, 2.45) is 0 Å². The Labute approximate surface area is 740 Å². The topological polar surface area (TPSA) is 620 Å². The third-order valence-corrected chi connectivity index (χ3v) is 24.7. The summed E-state index contributed by atoms with van der Waals surface area (Å²) in [4.78, 5) is 52.2. The number of carboxylic acids is 1. The Kier molecular flexibility index (Phi) is 52.8. The van der Waals surface area contributed by atoms with Crippen molar-refractivity contribution in [1.29, 1.82) is 0 Å². The van der Waals surface area contributed by atoms with E-state index < -0.39 is 272 Å². The van der Waals surface area contributed by atoms with Crippen LogP contribution in [-0.4, -0.2) is 374 Å². The lowest BCUT2D eigenvalue weighted by Gasteiger charge is -2.51. The van der Waals surface area contributed by atoms with Crippen molar-refractivity contribution in [1.82, 2.24) is 16.0 Å². The Morgan fingerprint density at radius 1 is 0.413 bits per heavy atom. The summed E-state index contributed by atoms with van der Waals surface area (Å²) in [5.74, 6) is -7.52. The second-order valence-electron chi connectivity index (χ2n) is 34.9. The number of carbonyl (C=O) groups is 4. The first kappa shape index (κ1) is 111. The van der Waals surface area contributed by atoms with Gasteiger partial charge in [-0.1, -0.05) is 231 Å². The van der Waals surface area contributed by atoms with Gasteiger partial charge in [-0.15, -0.1) is 0 Å². The molecule has 0 saturated carbocycles. The molecule has 0 aromatic heterocycles. The molecule has 23 N–H and O–H groups in total. The van der Waals surface area contributed by atoms with Crippen LogP contribution in [0.2, 0.25) is 0 Å². The van der Waals surface area contributed by atoms with E-state index in [-0.39, 0.29) is 12.3 Å². The molecule has 126 heavy (non-hydrogen) atoms. The maximum atomic E-state index is 13.6. The fourth-order valence-electron chi connectivity index (χ4n) is 17.2. The highest BCUT2D eigenvalue weighted by atomic mass is 16.8. The van der Waals surface area contributed by atoms with E-state index in [4.69, 9.17) is 56.8 Å². The van der Waals surface area contributed by atoms with Crippen molar-refractivity contribution in [2.75, 3.05) is 46.2 Å². The predicted molar refractivity (Wildman–Crippen MR) is 448 cm³/mol. The molecule has 6 fully saturated rings. The normalized spacial score (nSPS) is 34.9. The number of allylic oxidation sites excluding steroid dienone is 1. The standard InChI is InChI=1S/C87H157N3O36/c1-5-7-9-11-13-15-17-19-20-21-22-23-24-25-26-27-28-30-32-34-36-38-40-42-62(102)90-53(54(99)41-39-37-35-33-31-29-18-16-14-12-10-8-6-2)50-115-82-71(109)70(108)75(61(49-96)120-82)121-83-73(111)79(68(106)59(47-94)117-83)124-84-72(110)78(67(105)58(46-93)118-84)123-81-64(89-52(4)98)76(66(104)57(45-92)116-81)122-85-74(112)80(69(107)60(48-95)119-85)126-87(86(113)114)43-55(100)63(88-51(3)97)77(125-87)65(103)56(101)44-91/h39,41,53-61,63-85,91-96,99-101,103-112H,5-38,40,42-50H2,1-4H3,(H,88,97)(H,89,98)(H,90,102)(H,113,114)/b41-39+/t53-,54+,55?,56+,57?,58?,59?,60?,61?,63+,64?,65+,66-,67-,68-,69-,70+,71?,72?,73?,74?,75+,76+,77?,78-,79-,80-,81-,82+,83-,84+,85-,87-/m0/s1. The van der Waals surface area contributed by atoms with Crippen molar-refractivity contribution in [3.63, 3.8) is 0 Å². The monoisotopic (exact) mass is 1820 g/mol. The number of ether oxygens (including phenoxy) is 12. The second-order valence-corrected chi connectivity index (χ2v) is 34.9. The predicted octanol–water partition coefficient (Wildman–Crippen LogP) is -0.0974. The lowest BCUT2D eigenvalue weighted by atomic mass is 9.88. The number of hydrogen-bond donors (Lipinski definition) is 23. The number of carboxylic acid groups (broad SMARTS) is 1. The zero-order valence-electron chi connectivity index (χ0n) is 74.2. The SMILES string of the molecule is CCCCCCCCCCCCC/C=C/[C@@H](O)[C@H](CO[C@@H]1OC(CO)[C@@H](O[C@@H]2OC(CO)[C@H](O)[C@H](O[C@H]3OC(CO)[C@H](O)[C@H](O[C@@H]4OC(CO)[C@H](O)[C@H](O[C@@H]5OC(CO)[C@H](O)[C@H](O[C@]6(C(=O)O)CC(O)[C@@H](NC(C)=O)C([C@H](O)[C@H](O)CO)O6)C5O)C4NC(C)=O)C3O)C2O)[C@H](O)C1O)NC(=O)CCCCCCCCCCCCCCCCCCCCCCCCC. The summed E-state index contributed by atoms with van der Waals surface area (Å²) in [5.41, 5.74) is 0. The van der Waals surface area contributed by atoms with E-state index in [1.165, 1.54) is 161 Å². The average Bonchev–Trinajstić information content (AvgIpc) is 0.753. The third-order valence-electron chi connectivity index (χ3n) is 24.7. The van der Waals surface area contributed by atoms with E-state index in [1.54, 1.807) is 6.08 Å². The van der Waals surface area contributed by atoms with Gasteiger partial charge in [0.25, 0.3) is 5.79 Å². The molecule has 736 valence electrons. The van der Waals surface area contributed by atoms with Crippen molar-refractivity contribution in [3.8, 4) is 0 Å². The minimum Gasteiger partial charge on any atom is -0.477 e. The molecular weight excluding hydrogens is 1660 g/mol. The summed E-state index contributed by atoms with van der Waals surface area (Å²) < 4.78 is 70.8. The summed E-state index contributed by atoms with van der Waals surface area (Å²) in [7, 11) is 0. The number of carbonyl (C=O) groups excluding carboxylic acids is 3. The number of rotatable bonds is 63. The Morgan fingerprint density at radius 3 is 1.18 bits per heavy atom. The Bertz CT molecular complexity index is 2980. The van der Waals surface area contributed by atoms with E-state index >= 15 is 0 Å². The minimum atomic E-state index is -3.25. The van der Waals surface area contributed by atoms with Gasteiger partial charge < -0.3 is 175 Å². The molecule has 3 amide bonds. The Balaban J connectivity index is 1.09. The summed E-state index contributed by atoms with van der Waals surface area (Å²) in [6.07, 6.45) is -15.8. The number of hydrogen-bond acceptors (Lipinski definition) is 35. The van der Waals surface area contributed by atoms with E-state index in [1.807, 2.05) is 6.08 Å². The third kappa shape index (κ3) is 34.7. The summed E-state index contributed by atoms with van der Waals surface area (Å²) >= 11 is 0. The zero-order chi connectivity index (χ0) is 92.4. The molecule has 0 radical (unpaired) electrons. The summed E-state index contributed by atoms with van der Waals surface area (Å²) in [6, 6.07) is -4.76. The van der Waals surface area contributed by atoms with Crippen molar-refractivity contribution < 1.29 is 178 Å². The number of nitrogens with one attached hydrogen (secondary N) is 3. The first-order valence-corrected chi connectivity index (χ1v) is 46.6. The van der Waals surface area contributed by atoms with Crippen LogP contribution in [0.5, 0.6) is 0 Å². The molecule has 0 bridgehead atoms. The molecule has 39 nitrogen and oxygen atoms in total. The van der Waals surface area contributed by atoms with Gasteiger partial charge in [0.1, 0.15) is 140 Å². The van der Waals surface area contributed by atoms with Crippen LogP contribution >= 0.6 is 0 Å². The van der Waals surface area contributed by atoms with Crippen LogP contribution in [-0.2, 0) is 76.0 Å². The molecule has 12 unspecified atom stereocenters. The van der Waals surface area contributed by atoms with Gasteiger partial charge in [-0.05, 0) is 19.3 Å². The number of aliphatic carboxylic acids is 1. The van der Waals surface area contributed by atoms with Crippen LogP contribution in [0.1, 0.15) is 265 Å². The van der Waals surface area contributed by atoms with Gasteiger partial charge in [-0.3, -0.25) is 14.4 Å². The molecular formula is C87H157N3O36. The molecule has 0 aromatic rings. The molecule has 6 aliphatic rings. The highest BCUT2D eigenvalue weighted by Crippen LogP contribution is 2.41. The van der Waals surface area contributed by atoms with E-state index in [9.17, 15) is 121 Å². The van der Waals surface area contributed by atoms with Gasteiger partial charge in [0.2, 0.25) is 17.7 Å². The Hall–Kier alpha value is -3.62. The Morgan fingerprint density at radius 2 is 0.770 bits per heavy atom. The fourth-order valence-corrected chi connectivity index (χ4v) is 17.2. The van der Waals surface area contributed by atoms with Gasteiger partial charge in [-0.2, -0.15) is 0 Å². The maximum absolute atomic E-state index is 13.6. The number of aliphatic hydroxyl groups is 19. The molecule has 0 spiro atoms. The molecule has 33 atom stereocenters. The quantitative estimate of drug-likeness (QED) is 0.0279. The number of amides is 3. The fraction of sp³-hybridized carbons (Fsp3) is 0.931. The van der Waals surface area contributed by atoms with Crippen molar-refractivity contribution >= 4 is 23.7 Å². The van der Waals surface area contributed by atoms with Gasteiger partial charge in [0.05, 0.1) is 70.5 Å². The largest absolute Gasteiger partial charge is 0.477 e. The molecule has 6 heterocycles. The summed E-state index contributed by atoms with van der Waals surface area (Å²) in [5, 5.41) is 232. The van der Waals surface area contributed by atoms with Gasteiger partial charge in [-0.25, -0.2) is 4.79 Å². The van der Waals surface area contributed by atoms with Crippen LogP contribution in [0.4, 0.5) is 0 Å². The van der Waals surface area contributed by atoms with E-state index in [2.05, 4.69) is 29.8 Å². The lowest BCUT2D eigenvalue weighted by Crippen LogP contribution is -2.71.